The molecule has 2 atom stereocenters. The van der Waals surface area contributed by atoms with Crippen molar-refractivity contribution in [2.24, 2.45) is 0 Å². The Morgan fingerprint density at radius 1 is 1.27 bits per heavy atom. The van der Waals surface area contributed by atoms with Crippen LogP contribution in [0.2, 0.25) is 0 Å². The molecule has 30 heavy (non-hydrogen) atoms. The van der Waals surface area contributed by atoms with E-state index in [9.17, 15) is 9.59 Å². The number of nitrogens with one attached hydrogen (secondary N) is 2. The third-order valence-corrected chi connectivity index (χ3v) is 6.58. The Labute approximate surface area is 182 Å². The molecule has 1 aliphatic heterocycles. The summed E-state index contributed by atoms with van der Waals surface area (Å²) in [6.07, 6.45) is 2.37. The van der Waals surface area contributed by atoms with E-state index in [2.05, 4.69) is 22.5 Å². The van der Waals surface area contributed by atoms with Gasteiger partial charge in [0.2, 0.25) is 5.91 Å². The molecule has 0 aliphatic carbocycles. The second-order valence-electron chi connectivity index (χ2n) is 7.48. The average Bonchev–Trinajstić information content (AvgIpc) is 3.39. The molecule has 1 saturated heterocycles. The Morgan fingerprint density at radius 3 is 2.73 bits per heavy atom. The first-order valence-corrected chi connectivity index (χ1v) is 11.5. The van der Waals surface area contributed by atoms with E-state index in [4.69, 9.17) is 4.74 Å². The van der Waals surface area contributed by atoms with Gasteiger partial charge >= 0.3 is 5.97 Å². The Morgan fingerprint density at radius 2 is 2.03 bits per heavy atom. The van der Waals surface area contributed by atoms with Gasteiger partial charge in [0.05, 0.1) is 18.2 Å². The first-order chi connectivity index (χ1) is 14.5. The largest absolute Gasteiger partial charge is 0.462 e. The number of ether oxygens (including phenoxy) is 1. The van der Waals surface area contributed by atoms with Gasteiger partial charge in [0.15, 0.2) is 0 Å². The molecule has 0 radical (unpaired) electrons. The van der Waals surface area contributed by atoms with Crippen molar-refractivity contribution < 1.29 is 14.3 Å². The number of amides is 1. The quantitative estimate of drug-likeness (QED) is 0.590. The standard InChI is InChI=1S/C23H31N3O3S/c1-4-26-13-9-12-18(26)15-24-16(3)21(27)25-22-19(23(28)29-5-2)14-20(30-22)17-10-7-6-8-11-17/h6-8,10-11,14,16,18,24H,4-5,9,12-13,15H2,1-3H3,(H,25,27)/t16-,18+/m1/s1. The van der Waals surface area contributed by atoms with Crippen molar-refractivity contribution in [1.82, 2.24) is 10.2 Å². The molecule has 7 heteroatoms. The van der Waals surface area contributed by atoms with Crippen LogP contribution in [0, 0.1) is 0 Å². The van der Waals surface area contributed by atoms with Crippen LogP contribution in [0.5, 0.6) is 0 Å². The van der Waals surface area contributed by atoms with Crippen LogP contribution in [0.3, 0.4) is 0 Å². The number of hydrogen-bond donors (Lipinski definition) is 2. The number of nitrogens with zero attached hydrogens (tertiary/aromatic N) is 1. The Balaban J connectivity index is 1.69. The summed E-state index contributed by atoms with van der Waals surface area (Å²) >= 11 is 1.39. The van der Waals surface area contributed by atoms with Crippen molar-refractivity contribution in [1.29, 1.82) is 0 Å². The summed E-state index contributed by atoms with van der Waals surface area (Å²) < 4.78 is 5.19. The zero-order chi connectivity index (χ0) is 21.5. The number of thiophene rings is 1. The molecule has 2 aromatic rings. The van der Waals surface area contributed by atoms with Gasteiger partial charge in [-0.3, -0.25) is 9.69 Å². The lowest BCUT2D eigenvalue weighted by molar-refractivity contribution is -0.117. The monoisotopic (exact) mass is 429 g/mol. The van der Waals surface area contributed by atoms with E-state index in [-0.39, 0.29) is 18.6 Å². The van der Waals surface area contributed by atoms with Crippen molar-refractivity contribution in [2.45, 2.75) is 45.7 Å². The van der Waals surface area contributed by atoms with E-state index in [1.54, 1.807) is 13.0 Å². The molecule has 2 N–H and O–H groups in total. The molecule has 1 aromatic heterocycles. The zero-order valence-electron chi connectivity index (χ0n) is 17.9. The van der Waals surface area contributed by atoms with Gasteiger partial charge in [-0.2, -0.15) is 0 Å². The van der Waals surface area contributed by atoms with Crippen molar-refractivity contribution >= 4 is 28.2 Å². The van der Waals surface area contributed by atoms with E-state index in [1.165, 1.54) is 17.8 Å². The number of anilines is 1. The van der Waals surface area contributed by atoms with Crippen molar-refractivity contribution in [3.05, 3.63) is 42.0 Å². The van der Waals surface area contributed by atoms with E-state index in [0.717, 1.165) is 36.5 Å². The van der Waals surface area contributed by atoms with Gasteiger partial charge in [-0.05, 0) is 51.4 Å². The van der Waals surface area contributed by atoms with E-state index >= 15 is 0 Å². The predicted octanol–water partition coefficient (Wildman–Crippen LogP) is 3.99. The minimum Gasteiger partial charge on any atom is -0.462 e. The smallest absolute Gasteiger partial charge is 0.341 e. The minimum absolute atomic E-state index is 0.150. The number of likely N-dealkylation sites (tertiary alicyclic amines) is 1. The predicted molar refractivity (Wildman–Crippen MR) is 122 cm³/mol. The van der Waals surface area contributed by atoms with Gasteiger partial charge in [-0.1, -0.05) is 37.3 Å². The minimum atomic E-state index is -0.420. The van der Waals surface area contributed by atoms with Crippen molar-refractivity contribution in [3.8, 4) is 10.4 Å². The highest BCUT2D eigenvalue weighted by atomic mass is 32.1. The van der Waals surface area contributed by atoms with Crippen LogP contribution in [-0.2, 0) is 9.53 Å². The van der Waals surface area contributed by atoms with Gasteiger partial charge in [-0.25, -0.2) is 4.79 Å². The molecule has 3 rings (SSSR count). The van der Waals surface area contributed by atoms with Gasteiger partial charge in [0, 0.05) is 17.5 Å². The van der Waals surface area contributed by atoms with E-state index in [1.807, 2.05) is 37.3 Å². The molecule has 1 aromatic carbocycles. The topological polar surface area (TPSA) is 70.7 Å². The number of carbonyl (C=O) groups is 2. The van der Waals surface area contributed by atoms with E-state index < -0.39 is 5.97 Å². The Kier molecular flexibility index (Phi) is 8.01. The van der Waals surface area contributed by atoms with E-state index in [0.29, 0.717) is 16.6 Å². The van der Waals surface area contributed by atoms with Crippen molar-refractivity contribution in [2.75, 3.05) is 31.6 Å². The molecule has 162 valence electrons. The highest BCUT2D eigenvalue weighted by Crippen LogP contribution is 2.36. The number of likely N-dealkylation sites (N-methyl/N-ethyl adjacent to an activating group) is 1. The fraction of sp³-hybridized carbons (Fsp3) is 0.478. The summed E-state index contributed by atoms with van der Waals surface area (Å²) in [7, 11) is 0. The van der Waals surface area contributed by atoms with Crippen LogP contribution in [0.1, 0.15) is 44.0 Å². The maximum atomic E-state index is 12.8. The summed E-state index contributed by atoms with van der Waals surface area (Å²) in [4.78, 5) is 28.6. The second kappa shape index (κ2) is 10.7. The molecule has 0 saturated carbocycles. The summed E-state index contributed by atoms with van der Waals surface area (Å²) in [5, 5.41) is 6.83. The fourth-order valence-electron chi connectivity index (χ4n) is 3.76. The number of hydrogen-bond acceptors (Lipinski definition) is 6. The highest BCUT2D eigenvalue weighted by molar-refractivity contribution is 7.20. The third-order valence-electron chi connectivity index (χ3n) is 5.48. The Hall–Kier alpha value is -2.22. The number of rotatable bonds is 9. The molecule has 0 spiro atoms. The highest BCUT2D eigenvalue weighted by Gasteiger charge is 2.25. The SMILES string of the molecule is CCOC(=O)c1cc(-c2ccccc2)sc1NC(=O)[C@@H](C)NC[C@@H]1CCCN1CC. The molecule has 1 aliphatic rings. The number of carbonyl (C=O) groups excluding carboxylic acids is 2. The maximum absolute atomic E-state index is 12.8. The normalized spacial score (nSPS) is 17.6. The average molecular weight is 430 g/mol. The van der Waals surface area contributed by atoms with Crippen LogP contribution in [0.15, 0.2) is 36.4 Å². The maximum Gasteiger partial charge on any atom is 0.341 e. The van der Waals surface area contributed by atoms with Crippen LogP contribution in [0.4, 0.5) is 5.00 Å². The van der Waals surface area contributed by atoms with Gasteiger partial charge in [0.1, 0.15) is 5.00 Å². The van der Waals surface area contributed by atoms with Crippen molar-refractivity contribution in [3.63, 3.8) is 0 Å². The lowest BCUT2D eigenvalue weighted by atomic mass is 10.1. The summed E-state index contributed by atoms with van der Waals surface area (Å²) in [6.45, 7) is 9.04. The third kappa shape index (κ3) is 5.47. The molecule has 0 bridgehead atoms. The molecular weight excluding hydrogens is 398 g/mol. The van der Waals surface area contributed by atoms with Crippen LogP contribution >= 0.6 is 11.3 Å². The number of esters is 1. The zero-order valence-corrected chi connectivity index (χ0v) is 18.8. The summed E-state index contributed by atoms with van der Waals surface area (Å²) in [5.74, 6) is -0.570. The molecule has 1 amide bonds. The summed E-state index contributed by atoms with van der Waals surface area (Å²) in [5.41, 5.74) is 1.40. The van der Waals surface area contributed by atoms with Gasteiger partial charge in [0.25, 0.3) is 0 Å². The molecule has 1 fully saturated rings. The van der Waals surface area contributed by atoms with Gasteiger partial charge in [-0.15, -0.1) is 11.3 Å². The second-order valence-corrected chi connectivity index (χ2v) is 8.54. The fourth-order valence-corrected chi connectivity index (χ4v) is 4.81. The Bertz CT molecular complexity index is 853. The van der Waals surface area contributed by atoms with Crippen LogP contribution in [0.25, 0.3) is 10.4 Å². The lowest BCUT2D eigenvalue weighted by Crippen LogP contribution is -2.45. The summed E-state index contributed by atoms with van der Waals surface area (Å²) in [6, 6.07) is 11.7. The van der Waals surface area contributed by atoms with Crippen LogP contribution < -0.4 is 10.6 Å². The lowest BCUT2D eigenvalue weighted by Gasteiger charge is -2.24. The van der Waals surface area contributed by atoms with Crippen LogP contribution in [-0.4, -0.2) is 55.1 Å². The molecule has 2 heterocycles. The first kappa shape index (κ1) is 22.5. The number of benzene rings is 1. The first-order valence-electron chi connectivity index (χ1n) is 10.7. The van der Waals surface area contributed by atoms with Gasteiger partial charge < -0.3 is 15.4 Å². The molecular formula is C23H31N3O3S. The molecule has 0 unspecified atom stereocenters. The molecule has 6 nitrogen and oxygen atoms in total.